The minimum absolute atomic E-state index is 0.166. The minimum atomic E-state index is 0.166. The highest BCUT2D eigenvalue weighted by atomic mass is 32.1. The Morgan fingerprint density at radius 3 is 2.30 bits per heavy atom. The highest BCUT2D eigenvalue weighted by molar-refractivity contribution is 7.80. The molecule has 0 aromatic heterocycles. The average Bonchev–Trinajstić information content (AvgIpc) is 2.55. The number of ether oxygens (including phenoxy) is 1. The number of likely N-dealkylation sites (N-methyl/N-ethyl adjacent to an activating group) is 1. The first-order chi connectivity index (χ1) is 11.1. The van der Waals surface area contributed by atoms with E-state index >= 15 is 0 Å². The van der Waals surface area contributed by atoms with Gasteiger partial charge in [0, 0.05) is 5.69 Å². The molecule has 5 heteroatoms. The van der Waals surface area contributed by atoms with Crippen molar-refractivity contribution in [1.82, 2.24) is 5.32 Å². The molecule has 0 aliphatic carbocycles. The summed E-state index contributed by atoms with van der Waals surface area (Å²) >= 11 is 5.46. The number of thiocarbonyl (C=S) groups is 1. The number of hydrogen-bond acceptors (Lipinski definition) is 2. The molecule has 0 bridgehead atoms. The average molecular weight is 330 g/mol. The lowest BCUT2D eigenvalue weighted by Crippen LogP contribution is -3.06. The molecule has 0 aliphatic heterocycles. The fourth-order valence-corrected chi connectivity index (χ4v) is 2.61. The molecule has 0 saturated heterocycles. The van der Waals surface area contributed by atoms with E-state index in [2.05, 4.69) is 49.0 Å². The van der Waals surface area contributed by atoms with Gasteiger partial charge in [0.15, 0.2) is 5.11 Å². The summed E-state index contributed by atoms with van der Waals surface area (Å²) < 4.78 is 5.16. The van der Waals surface area contributed by atoms with Crippen LogP contribution in [0, 0.1) is 0 Å². The van der Waals surface area contributed by atoms with Crippen LogP contribution in [0.15, 0.2) is 54.6 Å². The molecule has 0 saturated carbocycles. The van der Waals surface area contributed by atoms with Crippen LogP contribution in [0.4, 0.5) is 5.69 Å². The maximum absolute atomic E-state index is 5.46. The van der Waals surface area contributed by atoms with E-state index < -0.39 is 0 Å². The summed E-state index contributed by atoms with van der Waals surface area (Å²) in [4.78, 5) is 1.36. The summed E-state index contributed by atoms with van der Waals surface area (Å²) in [6.07, 6.45) is 0. The van der Waals surface area contributed by atoms with Crippen molar-refractivity contribution in [3.63, 3.8) is 0 Å². The maximum atomic E-state index is 5.46. The van der Waals surface area contributed by atoms with Gasteiger partial charge in [-0.3, -0.25) is 0 Å². The zero-order valence-electron chi connectivity index (χ0n) is 13.8. The highest BCUT2D eigenvalue weighted by Gasteiger charge is 2.15. The van der Waals surface area contributed by atoms with Crippen LogP contribution < -0.4 is 20.3 Å². The molecule has 2 rings (SSSR count). The standard InChI is InChI=1S/C18H23N3OS/c1-21(2)13-17(14-7-5-4-6-8-14)20-18(23)19-15-9-11-16(22-3)12-10-15/h4-12,17H,13H2,1-3H3,(H2,19,20,23)/p+1/t17-/m1/s1. The van der Waals surface area contributed by atoms with Gasteiger partial charge in [0.05, 0.1) is 21.2 Å². The van der Waals surface area contributed by atoms with Crippen molar-refractivity contribution in [1.29, 1.82) is 0 Å². The summed E-state index contributed by atoms with van der Waals surface area (Å²) in [5.41, 5.74) is 2.17. The fourth-order valence-electron chi connectivity index (χ4n) is 2.35. The Balaban J connectivity index is 2.02. The van der Waals surface area contributed by atoms with E-state index in [0.29, 0.717) is 5.11 Å². The summed E-state index contributed by atoms with van der Waals surface area (Å²) in [5.74, 6) is 0.827. The number of benzene rings is 2. The van der Waals surface area contributed by atoms with Crippen LogP contribution in [0.2, 0.25) is 0 Å². The normalized spacial score (nSPS) is 11.8. The van der Waals surface area contributed by atoms with Gasteiger partial charge in [0.1, 0.15) is 18.3 Å². The van der Waals surface area contributed by atoms with Gasteiger partial charge in [0.2, 0.25) is 0 Å². The molecule has 2 aromatic rings. The Morgan fingerprint density at radius 2 is 1.74 bits per heavy atom. The maximum Gasteiger partial charge on any atom is 0.171 e. The lowest BCUT2D eigenvalue weighted by molar-refractivity contribution is -0.860. The second-order valence-electron chi connectivity index (χ2n) is 5.70. The molecule has 0 fully saturated rings. The van der Waals surface area contributed by atoms with Crippen LogP contribution in [0.1, 0.15) is 11.6 Å². The first kappa shape index (κ1) is 17.2. The molecule has 2 aromatic carbocycles. The number of methoxy groups -OCH3 is 1. The molecule has 0 unspecified atom stereocenters. The third-order valence-electron chi connectivity index (χ3n) is 3.47. The van der Waals surface area contributed by atoms with Gasteiger partial charge >= 0.3 is 0 Å². The van der Waals surface area contributed by atoms with E-state index in [1.165, 1.54) is 10.5 Å². The van der Waals surface area contributed by atoms with Gasteiger partial charge in [-0.1, -0.05) is 30.3 Å². The number of anilines is 1. The van der Waals surface area contributed by atoms with Gasteiger partial charge in [-0.25, -0.2) is 0 Å². The van der Waals surface area contributed by atoms with Crippen LogP contribution in [-0.2, 0) is 0 Å². The molecule has 0 heterocycles. The molecule has 1 atom stereocenters. The Kier molecular flexibility index (Phi) is 6.38. The van der Waals surface area contributed by atoms with Gasteiger partial charge in [0.25, 0.3) is 0 Å². The zero-order valence-corrected chi connectivity index (χ0v) is 14.6. The van der Waals surface area contributed by atoms with E-state index in [4.69, 9.17) is 17.0 Å². The Labute approximate surface area is 143 Å². The van der Waals surface area contributed by atoms with E-state index in [1.54, 1.807) is 7.11 Å². The van der Waals surface area contributed by atoms with Crippen molar-refractivity contribution in [3.8, 4) is 5.75 Å². The third-order valence-corrected chi connectivity index (χ3v) is 3.69. The zero-order chi connectivity index (χ0) is 16.7. The van der Waals surface area contributed by atoms with Crippen LogP contribution in [0.5, 0.6) is 5.75 Å². The molecule has 0 radical (unpaired) electrons. The molecule has 0 spiro atoms. The molecular formula is C18H24N3OS+. The van der Waals surface area contributed by atoms with Crippen LogP contribution in [-0.4, -0.2) is 32.9 Å². The Bertz CT molecular complexity index is 614. The van der Waals surface area contributed by atoms with Gasteiger partial charge in [-0.15, -0.1) is 0 Å². The van der Waals surface area contributed by atoms with Gasteiger partial charge in [-0.05, 0) is 42.0 Å². The molecule has 0 amide bonds. The SMILES string of the molecule is COc1ccc(NC(=S)N[C@H](C[NH+](C)C)c2ccccc2)cc1. The van der Waals surface area contributed by atoms with Crippen LogP contribution >= 0.6 is 12.2 Å². The first-order valence-electron chi connectivity index (χ1n) is 7.64. The Morgan fingerprint density at radius 1 is 1.09 bits per heavy atom. The number of nitrogens with one attached hydrogen (secondary N) is 3. The van der Waals surface area contributed by atoms with Crippen molar-refractivity contribution < 1.29 is 9.64 Å². The number of quaternary nitrogens is 1. The lowest BCUT2D eigenvalue weighted by Gasteiger charge is -2.22. The largest absolute Gasteiger partial charge is 0.497 e. The summed E-state index contributed by atoms with van der Waals surface area (Å²) in [7, 11) is 5.93. The second-order valence-corrected chi connectivity index (χ2v) is 6.11. The van der Waals surface area contributed by atoms with E-state index in [1.807, 2.05) is 30.3 Å². The topological polar surface area (TPSA) is 37.7 Å². The number of rotatable bonds is 6. The van der Waals surface area contributed by atoms with Gasteiger partial charge in [-0.2, -0.15) is 0 Å². The molecule has 4 nitrogen and oxygen atoms in total. The van der Waals surface area contributed by atoms with E-state index in [0.717, 1.165) is 18.0 Å². The Hall–Kier alpha value is -2.11. The van der Waals surface area contributed by atoms with E-state index in [-0.39, 0.29) is 6.04 Å². The molecule has 122 valence electrons. The van der Waals surface area contributed by atoms with Crippen molar-refractivity contribution in [3.05, 3.63) is 60.2 Å². The second kappa shape index (κ2) is 8.50. The van der Waals surface area contributed by atoms with Crippen molar-refractivity contribution in [2.45, 2.75) is 6.04 Å². The predicted octanol–water partition coefficient (Wildman–Crippen LogP) is 1.87. The predicted molar refractivity (Wildman–Crippen MR) is 99.2 cm³/mol. The molecule has 3 N–H and O–H groups in total. The number of hydrogen-bond donors (Lipinski definition) is 3. The quantitative estimate of drug-likeness (QED) is 0.707. The van der Waals surface area contributed by atoms with Crippen molar-refractivity contribution >= 4 is 23.0 Å². The van der Waals surface area contributed by atoms with Crippen molar-refractivity contribution in [2.75, 3.05) is 33.1 Å². The molecule has 23 heavy (non-hydrogen) atoms. The van der Waals surface area contributed by atoms with Crippen molar-refractivity contribution in [2.24, 2.45) is 0 Å². The highest BCUT2D eigenvalue weighted by Crippen LogP contribution is 2.16. The summed E-state index contributed by atoms with van der Waals surface area (Å²) in [6, 6.07) is 18.2. The summed E-state index contributed by atoms with van der Waals surface area (Å²) in [5, 5.41) is 7.25. The minimum Gasteiger partial charge on any atom is -0.497 e. The van der Waals surface area contributed by atoms with E-state index in [9.17, 15) is 0 Å². The summed E-state index contributed by atoms with van der Waals surface area (Å²) in [6.45, 7) is 0.939. The van der Waals surface area contributed by atoms with Crippen LogP contribution in [0.3, 0.4) is 0 Å². The fraction of sp³-hybridized carbons (Fsp3) is 0.278. The molecular weight excluding hydrogens is 306 g/mol. The third kappa shape index (κ3) is 5.54. The van der Waals surface area contributed by atoms with Crippen LogP contribution in [0.25, 0.3) is 0 Å². The lowest BCUT2D eigenvalue weighted by atomic mass is 10.1. The monoisotopic (exact) mass is 330 g/mol. The smallest absolute Gasteiger partial charge is 0.171 e. The van der Waals surface area contributed by atoms with Gasteiger partial charge < -0.3 is 20.3 Å². The molecule has 0 aliphatic rings. The first-order valence-corrected chi connectivity index (χ1v) is 8.05.